The van der Waals surface area contributed by atoms with Crippen LogP contribution in [-0.2, 0) is 14.8 Å². The van der Waals surface area contributed by atoms with Gasteiger partial charge in [-0.1, -0.05) is 0 Å². The second-order valence-electron chi connectivity index (χ2n) is 9.07. The Labute approximate surface area is 181 Å². The van der Waals surface area contributed by atoms with E-state index in [2.05, 4.69) is 19.9 Å². The number of nitrogens with zero attached hydrogens (tertiary/aromatic N) is 3. The molecule has 2 aliphatic rings. The maximum Gasteiger partial charge on any atom is 0.410 e. The van der Waals surface area contributed by atoms with Crippen LogP contribution in [0, 0.1) is 5.92 Å². The average molecular weight is 446 g/mol. The number of hydrogen-bond acceptors (Lipinski definition) is 5. The Kier molecular flexibility index (Phi) is 8.78. The number of rotatable bonds is 8. The van der Waals surface area contributed by atoms with Crippen LogP contribution in [0.5, 0.6) is 0 Å². The molecule has 0 atom stereocenters. The first-order valence-electron chi connectivity index (χ1n) is 11.0. The van der Waals surface area contributed by atoms with Gasteiger partial charge in [-0.2, -0.15) is 0 Å². The molecule has 0 aromatic rings. The number of carbonyl (C=O) groups excluding carboxylic acids is 1. The summed E-state index contributed by atoms with van der Waals surface area (Å²) >= 11 is 0. The molecule has 10 heteroatoms. The molecule has 1 aliphatic heterocycles. The van der Waals surface area contributed by atoms with Crippen LogP contribution in [0.3, 0.4) is 0 Å². The molecule has 2 N–H and O–H groups in total. The molecule has 9 nitrogen and oxygen atoms in total. The van der Waals surface area contributed by atoms with Crippen LogP contribution >= 0.6 is 0 Å². The normalized spacial score (nSPS) is 19.0. The van der Waals surface area contributed by atoms with Crippen LogP contribution < -0.4 is 10.0 Å². The van der Waals surface area contributed by atoms with Gasteiger partial charge in [-0.15, -0.1) is 0 Å². The van der Waals surface area contributed by atoms with Crippen molar-refractivity contribution in [3.05, 3.63) is 0 Å². The summed E-state index contributed by atoms with van der Waals surface area (Å²) in [6.45, 7) is 10.5. The second kappa shape index (κ2) is 10.7. The molecule has 2 fully saturated rings. The Morgan fingerprint density at radius 1 is 1.17 bits per heavy atom. The molecule has 1 heterocycles. The number of sulfonamides is 1. The van der Waals surface area contributed by atoms with E-state index in [4.69, 9.17) is 4.74 Å². The summed E-state index contributed by atoms with van der Waals surface area (Å²) in [5.41, 5.74) is -0.495. The first-order valence-corrected chi connectivity index (χ1v) is 12.6. The first-order chi connectivity index (χ1) is 14.0. The number of hydrogen-bond donors (Lipinski definition) is 2. The maximum absolute atomic E-state index is 12.8. The number of aliphatic imine (C=N–C) groups is 1. The van der Waals surface area contributed by atoms with E-state index in [1.807, 2.05) is 25.7 Å². The third-order valence-electron chi connectivity index (χ3n) is 5.31. The van der Waals surface area contributed by atoms with Crippen molar-refractivity contribution in [3.63, 3.8) is 0 Å². The van der Waals surface area contributed by atoms with E-state index < -0.39 is 15.6 Å². The number of amides is 1. The van der Waals surface area contributed by atoms with E-state index in [0.717, 1.165) is 38.4 Å². The molecule has 0 bridgehead atoms. The fourth-order valence-corrected chi connectivity index (χ4v) is 4.09. The van der Waals surface area contributed by atoms with Crippen LogP contribution in [0.15, 0.2) is 4.99 Å². The summed E-state index contributed by atoms with van der Waals surface area (Å²) in [6.07, 6.45) is 3.88. The average Bonchev–Trinajstić information content (AvgIpc) is 3.49. The molecule has 174 valence electrons. The van der Waals surface area contributed by atoms with E-state index >= 15 is 0 Å². The van der Waals surface area contributed by atoms with Crippen LogP contribution in [0.25, 0.3) is 0 Å². The van der Waals surface area contributed by atoms with Crippen molar-refractivity contribution < 1.29 is 17.9 Å². The van der Waals surface area contributed by atoms with Crippen molar-refractivity contribution in [1.29, 1.82) is 0 Å². The van der Waals surface area contributed by atoms with Crippen molar-refractivity contribution in [2.45, 2.75) is 65.0 Å². The Morgan fingerprint density at radius 3 is 2.30 bits per heavy atom. The van der Waals surface area contributed by atoms with Gasteiger partial charge in [0.05, 0.1) is 5.75 Å². The quantitative estimate of drug-likeness (QED) is 0.334. The van der Waals surface area contributed by atoms with Gasteiger partial charge in [0.2, 0.25) is 10.0 Å². The molecule has 1 amide bonds. The van der Waals surface area contributed by atoms with Gasteiger partial charge in [0.1, 0.15) is 5.60 Å². The Bertz CT molecular complexity index is 692. The molecule has 0 unspecified atom stereocenters. The maximum atomic E-state index is 12.8. The van der Waals surface area contributed by atoms with Gasteiger partial charge in [-0.25, -0.2) is 17.9 Å². The number of carbonyl (C=O) groups is 1. The number of guanidine groups is 1. The number of ether oxygens (including phenoxy) is 1. The van der Waals surface area contributed by atoms with E-state index in [-0.39, 0.29) is 17.9 Å². The zero-order chi connectivity index (χ0) is 22.4. The minimum atomic E-state index is -3.18. The highest BCUT2D eigenvalue weighted by atomic mass is 32.2. The molecule has 0 radical (unpaired) electrons. The molecule has 0 aromatic heterocycles. The highest BCUT2D eigenvalue weighted by Crippen LogP contribution is 2.32. The number of nitrogens with one attached hydrogen (secondary N) is 2. The van der Waals surface area contributed by atoms with Crippen LogP contribution in [0.1, 0.15) is 53.4 Å². The molecular weight excluding hydrogens is 406 g/mol. The van der Waals surface area contributed by atoms with Gasteiger partial charge in [0.15, 0.2) is 5.96 Å². The Hall–Kier alpha value is -1.55. The van der Waals surface area contributed by atoms with Crippen molar-refractivity contribution in [1.82, 2.24) is 19.8 Å². The Morgan fingerprint density at radius 2 is 1.80 bits per heavy atom. The molecule has 0 aromatic carbocycles. The molecule has 1 aliphatic carbocycles. The monoisotopic (exact) mass is 445 g/mol. The minimum absolute atomic E-state index is 0.0737. The van der Waals surface area contributed by atoms with Gasteiger partial charge < -0.3 is 19.9 Å². The lowest BCUT2D eigenvalue weighted by Gasteiger charge is -2.40. The van der Waals surface area contributed by atoms with Crippen molar-refractivity contribution in [2.24, 2.45) is 10.9 Å². The lowest BCUT2D eigenvalue weighted by atomic mass is 10.0. The first kappa shape index (κ1) is 24.7. The second-order valence-corrected chi connectivity index (χ2v) is 11.2. The summed E-state index contributed by atoms with van der Waals surface area (Å²) in [5, 5.41) is 3.22. The van der Waals surface area contributed by atoms with Gasteiger partial charge >= 0.3 is 6.09 Å². The summed E-state index contributed by atoms with van der Waals surface area (Å²) in [4.78, 5) is 21.2. The van der Waals surface area contributed by atoms with E-state index in [9.17, 15) is 13.2 Å². The predicted octanol–water partition coefficient (Wildman–Crippen LogP) is 1.61. The SMILES string of the molecule is CCS(=O)(=O)NCCNC(=NC)N1CCC(N(CC2CC2)C(=O)OC(C)(C)C)CC1. The van der Waals surface area contributed by atoms with Crippen LogP contribution in [-0.4, -0.2) is 87.4 Å². The van der Waals surface area contributed by atoms with Crippen molar-refractivity contribution >= 4 is 22.1 Å². The predicted molar refractivity (Wildman–Crippen MR) is 119 cm³/mol. The summed E-state index contributed by atoms with van der Waals surface area (Å²) in [6, 6.07) is 0.172. The molecule has 1 saturated carbocycles. The number of piperidine rings is 1. The molecule has 2 rings (SSSR count). The zero-order valence-corrected chi connectivity index (χ0v) is 19.9. The fourth-order valence-electron chi connectivity index (χ4n) is 3.48. The minimum Gasteiger partial charge on any atom is -0.444 e. The molecule has 0 spiro atoms. The van der Waals surface area contributed by atoms with Crippen LogP contribution in [0.2, 0.25) is 0 Å². The number of likely N-dealkylation sites (tertiary alicyclic amines) is 1. The standard InChI is InChI=1S/C20H39N5O4S/c1-6-30(27,28)23-12-11-22-18(21-5)24-13-9-17(10-14-24)25(15-16-7-8-16)19(26)29-20(2,3)4/h16-17,23H,6-15H2,1-5H3,(H,21,22). The van der Waals surface area contributed by atoms with Gasteiger partial charge in [0, 0.05) is 45.8 Å². The van der Waals surface area contributed by atoms with E-state index in [1.54, 1.807) is 14.0 Å². The highest BCUT2D eigenvalue weighted by molar-refractivity contribution is 7.89. The summed E-state index contributed by atoms with van der Waals surface area (Å²) < 4.78 is 31.2. The fraction of sp³-hybridized carbons (Fsp3) is 0.900. The lowest BCUT2D eigenvalue weighted by molar-refractivity contribution is 0.00928. The summed E-state index contributed by atoms with van der Waals surface area (Å²) in [7, 11) is -1.46. The van der Waals surface area contributed by atoms with E-state index in [0.29, 0.717) is 19.0 Å². The lowest BCUT2D eigenvalue weighted by Crippen LogP contribution is -2.53. The highest BCUT2D eigenvalue weighted by Gasteiger charge is 2.35. The van der Waals surface area contributed by atoms with E-state index in [1.165, 1.54) is 12.8 Å². The topological polar surface area (TPSA) is 103 Å². The Balaban J connectivity index is 1.85. The van der Waals surface area contributed by atoms with Crippen molar-refractivity contribution in [2.75, 3.05) is 45.5 Å². The molecule has 1 saturated heterocycles. The smallest absolute Gasteiger partial charge is 0.410 e. The molecule has 30 heavy (non-hydrogen) atoms. The van der Waals surface area contributed by atoms with Gasteiger partial charge in [-0.3, -0.25) is 4.99 Å². The van der Waals surface area contributed by atoms with Crippen molar-refractivity contribution in [3.8, 4) is 0 Å². The van der Waals surface area contributed by atoms with Gasteiger partial charge in [0.25, 0.3) is 0 Å². The third-order valence-corrected chi connectivity index (χ3v) is 6.71. The van der Waals surface area contributed by atoms with Crippen LogP contribution in [0.4, 0.5) is 4.79 Å². The molecular formula is C20H39N5O4S. The zero-order valence-electron chi connectivity index (χ0n) is 19.1. The summed E-state index contributed by atoms with van der Waals surface area (Å²) in [5.74, 6) is 1.44. The largest absolute Gasteiger partial charge is 0.444 e. The third kappa shape index (κ3) is 8.29. The van der Waals surface area contributed by atoms with Gasteiger partial charge in [-0.05, 0) is 59.3 Å².